The van der Waals surface area contributed by atoms with Gasteiger partial charge in [0.15, 0.2) is 0 Å². The van der Waals surface area contributed by atoms with Gasteiger partial charge in [-0.2, -0.15) is 9.97 Å². The Morgan fingerprint density at radius 3 is 2.44 bits per heavy atom. The van der Waals surface area contributed by atoms with Crippen LogP contribution in [0.2, 0.25) is 0 Å². The minimum atomic E-state index is 0.0358. The van der Waals surface area contributed by atoms with Gasteiger partial charge in [0.05, 0.1) is 25.8 Å². The average molecular weight is 433 g/mol. The molecule has 1 saturated heterocycles. The first-order valence-corrected chi connectivity index (χ1v) is 10.8. The van der Waals surface area contributed by atoms with Crippen LogP contribution in [0.15, 0.2) is 54.6 Å². The SMILES string of the molecule is COc1cc(OC)nc(N[C@@H]2CCCN(C(=O)c3c(C)cccc3-c3ccccc3)C2)n1. The number of hydrogen-bond donors (Lipinski definition) is 1. The van der Waals surface area contributed by atoms with Gasteiger partial charge >= 0.3 is 0 Å². The molecule has 0 saturated carbocycles. The van der Waals surface area contributed by atoms with E-state index in [9.17, 15) is 4.79 Å². The molecule has 1 fully saturated rings. The highest BCUT2D eigenvalue weighted by Gasteiger charge is 2.27. The Bertz CT molecular complexity index is 1070. The number of aromatic nitrogens is 2. The Labute approximate surface area is 188 Å². The van der Waals surface area contributed by atoms with E-state index in [4.69, 9.17) is 9.47 Å². The zero-order valence-electron chi connectivity index (χ0n) is 18.7. The van der Waals surface area contributed by atoms with E-state index in [-0.39, 0.29) is 11.9 Å². The first kappa shape index (κ1) is 21.6. The van der Waals surface area contributed by atoms with Crippen molar-refractivity contribution in [3.8, 4) is 22.9 Å². The van der Waals surface area contributed by atoms with Gasteiger partial charge in [-0.1, -0.05) is 48.5 Å². The number of amides is 1. The summed E-state index contributed by atoms with van der Waals surface area (Å²) in [6.45, 7) is 3.29. The number of benzene rings is 2. The van der Waals surface area contributed by atoms with E-state index in [0.717, 1.165) is 41.6 Å². The van der Waals surface area contributed by atoms with Crippen molar-refractivity contribution in [2.24, 2.45) is 0 Å². The zero-order chi connectivity index (χ0) is 22.5. The predicted molar refractivity (Wildman–Crippen MR) is 124 cm³/mol. The number of nitrogens with one attached hydrogen (secondary N) is 1. The molecule has 1 amide bonds. The Kier molecular flexibility index (Phi) is 6.54. The normalized spacial score (nSPS) is 15.8. The smallest absolute Gasteiger partial charge is 0.254 e. The lowest BCUT2D eigenvalue weighted by Crippen LogP contribution is -2.45. The first-order chi connectivity index (χ1) is 15.6. The lowest BCUT2D eigenvalue weighted by Gasteiger charge is -2.34. The van der Waals surface area contributed by atoms with E-state index >= 15 is 0 Å². The molecule has 0 spiro atoms. The summed E-state index contributed by atoms with van der Waals surface area (Å²) in [6.07, 6.45) is 1.82. The van der Waals surface area contributed by atoms with Crippen LogP contribution in [-0.2, 0) is 0 Å². The van der Waals surface area contributed by atoms with Gasteiger partial charge in [0, 0.05) is 19.1 Å². The number of piperidine rings is 1. The van der Waals surface area contributed by atoms with Crippen molar-refractivity contribution in [2.45, 2.75) is 25.8 Å². The minimum Gasteiger partial charge on any atom is -0.481 e. The van der Waals surface area contributed by atoms with Gasteiger partial charge in [-0.05, 0) is 36.5 Å². The maximum atomic E-state index is 13.6. The standard InChI is InChI=1S/C25H28N4O3/c1-17-9-7-13-20(18-10-5-4-6-11-18)23(17)24(30)29-14-8-12-19(16-29)26-25-27-21(31-2)15-22(28-25)32-3/h4-7,9-11,13,15,19H,8,12,14,16H2,1-3H3,(H,26,27,28)/t19-/m1/s1. The van der Waals surface area contributed by atoms with E-state index in [1.165, 1.54) is 0 Å². The lowest BCUT2D eigenvalue weighted by atomic mass is 9.94. The van der Waals surface area contributed by atoms with E-state index in [1.807, 2.05) is 60.4 Å². The second-order valence-corrected chi connectivity index (χ2v) is 7.87. The molecule has 166 valence electrons. The second-order valence-electron chi connectivity index (χ2n) is 7.87. The van der Waals surface area contributed by atoms with Crippen LogP contribution in [0.1, 0.15) is 28.8 Å². The van der Waals surface area contributed by atoms with E-state index < -0.39 is 0 Å². The van der Waals surface area contributed by atoms with Crippen molar-refractivity contribution in [1.29, 1.82) is 0 Å². The van der Waals surface area contributed by atoms with Gasteiger partial charge in [-0.15, -0.1) is 0 Å². The molecule has 2 aromatic carbocycles. The number of nitrogens with zero attached hydrogens (tertiary/aromatic N) is 3. The van der Waals surface area contributed by atoms with Gasteiger partial charge in [0.1, 0.15) is 0 Å². The topological polar surface area (TPSA) is 76.6 Å². The number of hydrogen-bond acceptors (Lipinski definition) is 6. The Morgan fingerprint density at radius 2 is 1.75 bits per heavy atom. The summed E-state index contributed by atoms with van der Waals surface area (Å²) in [4.78, 5) is 24.3. The lowest BCUT2D eigenvalue weighted by molar-refractivity contribution is 0.0714. The molecule has 0 unspecified atom stereocenters. The van der Waals surface area contributed by atoms with Crippen LogP contribution in [0.4, 0.5) is 5.95 Å². The first-order valence-electron chi connectivity index (χ1n) is 10.8. The van der Waals surface area contributed by atoms with Gasteiger partial charge < -0.3 is 19.7 Å². The third kappa shape index (κ3) is 4.66. The molecule has 1 atom stereocenters. The van der Waals surface area contributed by atoms with Gasteiger partial charge in [0.25, 0.3) is 5.91 Å². The molecule has 7 nitrogen and oxygen atoms in total. The molecule has 0 radical (unpaired) electrons. The number of carbonyl (C=O) groups excluding carboxylic acids is 1. The summed E-state index contributed by atoms with van der Waals surface area (Å²) in [5.74, 6) is 1.34. The fourth-order valence-electron chi connectivity index (χ4n) is 4.11. The van der Waals surface area contributed by atoms with Crippen LogP contribution in [0.3, 0.4) is 0 Å². The molecule has 1 aliphatic heterocycles. The molecule has 2 heterocycles. The van der Waals surface area contributed by atoms with Crippen LogP contribution in [-0.4, -0.2) is 54.1 Å². The highest BCUT2D eigenvalue weighted by molar-refractivity contribution is 6.02. The second kappa shape index (κ2) is 9.68. The molecule has 0 bridgehead atoms. The number of likely N-dealkylation sites (tertiary alicyclic amines) is 1. The summed E-state index contributed by atoms with van der Waals surface area (Å²) < 4.78 is 10.5. The number of aryl methyl sites for hydroxylation is 1. The summed E-state index contributed by atoms with van der Waals surface area (Å²) in [5, 5.41) is 3.35. The molecule has 1 aliphatic rings. The summed E-state index contributed by atoms with van der Waals surface area (Å²) in [7, 11) is 3.11. The molecule has 0 aliphatic carbocycles. The quantitative estimate of drug-likeness (QED) is 0.630. The van der Waals surface area contributed by atoms with Gasteiger partial charge in [0.2, 0.25) is 17.7 Å². The third-order valence-corrected chi connectivity index (χ3v) is 5.71. The number of carbonyl (C=O) groups is 1. The van der Waals surface area contributed by atoms with Crippen molar-refractivity contribution in [2.75, 3.05) is 32.6 Å². The highest BCUT2D eigenvalue weighted by atomic mass is 16.5. The fraction of sp³-hybridized carbons (Fsp3) is 0.320. The summed E-state index contributed by atoms with van der Waals surface area (Å²) in [6, 6.07) is 17.7. The van der Waals surface area contributed by atoms with Gasteiger partial charge in [-0.3, -0.25) is 4.79 Å². The molecule has 1 aromatic heterocycles. The van der Waals surface area contributed by atoms with Crippen molar-refractivity contribution >= 4 is 11.9 Å². The average Bonchev–Trinajstić information content (AvgIpc) is 2.84. The van der Waals surface area contributed by atoms with Crippen molar-refractivity contribution in [3.63, 3.8) is 0 Å². The molecule has 7 heteroatoms. The predicted octanol–water partition coefficient (Wildman–Crippen LogP) is 4.19. The van der Waals surface area contributed by atoms with Crippen LogP contribution in [0.25, 0.3) is 11.1 Å². The number of anilines is 1. The maximum absolute atomic E-state index is 13.6. The number of methoxy groups -OCH3 is 2. The minimum absolute atomic E-state index is 0.0358. The maximum Gasteiger partial charge on any atom is 0.254 e. The zero-order valence-corrected chi connectivity index (χ0v) is 18.7. The molecule has 32 heavy (non-hydrogen) atoms. The van der Waals surface area contributed by atoms with Crippen LogP contribution in [0, 0.1) is 6.92 Å². The van der Waals surface area contributed by atoms with Gasteiger partial charge in [-0.25, -0.2) is 0 Å². The number of ether oxygens (including phenoxy) is 2. The molecule has 4 rings (SSSR count). The number of rotatable bonds is 6. The molecular formula is C25H28N4O3. The highest BCUT2D eigenvalue weighted by Crippen LogP contribution is 2.28. The fourth-order valence-corrected chi connectivity index (χ4v) is 4.11. The summed E-state index contributed by atoms with van der Waals surface area (Å²) >= 11 is 0. The van der Waals surface area contributed by atoms with Crippen molar-refractivity contribution < 1.29 is 14.3 Å². The molecule has 1 N–H and O–H groups in total. The Hall–Kier alpha value is -3.61. The Morgan fingerprint density at radius 1 is 1.03 bits per heavy atom. The van der Waals surface area contributed by atoms with E-state index in [2.05, 4.69) is 15.3 Å². The van der Waals surface area contributed by atoms with Crippen LogP contribution in [0.5, 0.6) is 11.8 Å². The largest absolute Gasteiger partial charge is 0.481 e. The molecular weight excluding hydrogens is 404 g/mol. The van der Waals surface area contributed by atoms with E-state index in [0.29, 0.717) is 24.3 Å². The third-order valence-electron chi connectivity index (χ3n) is 5.71. The van der Waals surface area contributed by atoms with Crippen LogP contribution < -0.4 is 14.8 Å². The monoisotopic (exact) mass is 432 g/mol. The molecule has 3 aromatic rings. The van der Waals surface area contributed by atoms with Crippen molar-refractivity contribution in [1.82, 2.24) is 14.9 Å². The van der Waals surface area contributed by atoms with E-state index in [1.54, 1.807) is 20.3 Å². The summed E-state index contributed by atoms with van der Waals surface area (Å²) in [5.41, 5.74) is 3.75. The van der Waals surface area contributed by atoms with Crippen molar-refractivity contribution in [3.05, 3.63) is 65.7 Å². The van der Waals surface area contributed by atoms with Crippen LogP contribution >= 0.6 is 0 Å². The Balaban J connectivity index is 1.55.